The van der Waals surface area contributed by atoms with Gasteiger partial charge in [0.05, 0.1) is 0 Å². The molecule has 0 bridgehead atoms. The molecule has 1 aromatic heterocycles. The van der Waals surface area contributed by atoms with E-state index in [1.54, 1.807) is 0 Å². The van der Waals surface area contributed by atoms with Gasteiger partial charge in [-0.05, 0) is 30.0 Å². The SMILES string of the molecule is CC(Oc1ccc(C(C)(C)C)cc1)c1nnc(CCl)o1. The molecule has 4 nitrogen and oxygen atoms in total. The maximum absolute atomic E-state index is 5.79. The molecule has 1 aromatic carbocycles. The molecule has 1 atom stereocenters. The minimum absolute atomic E-state index is 0.131. The number of aromatic nitrogens is 2. The van der Waals surface area contributed by atoms with E-state index in [1.807, 2.05) is 19.1 Å². The summed E-state index contributed by atoms with van der Waals surface area (Å²) in [5.74, 6) is 1.82. The zero-order valence-corrected chi connectivity index (χ0v) is 12.9. The predicted molar refractivity (Wildman–Crippen MR) is 78.0 cm³/mol. The number of ether oxygens (including phenoxy) is 1. The second-order valence-corrected chi connectivity index (χ2v) is 5.97. The van der Waals surface area contributed by atoms with Crippen LogP contribution in [0.2, 0.25) is 0 Å². The molecule has 0 N–H and O–H groups in total. The van der Waals surface area contributed by atoms with Crippen molar-refractivity contribution in [1.82, 2.24) is 10.2 Å². The highest BCUT2D eigenvalue weighted by Gasteiger charge is 2.16. The average Bonchev–Trinajstić information content (AvgIpc) is 2.87. The van der Waals surface area contributed by atoms with Gasteiger partial charge in [0.2, 0.25) is 5.89 Å². The fraction of sp³-hybridized carbons (Fsp3) is 0.467. The van der Waals surface area contributed by atoms with Crippen LogP contribution in [0.3, 0.4) is 0 Å². The van der Waals surface area contributed by atoms with Crippen molar-refractivity contribution in [3.05, 3.63) is 41.6 Å². The zero-order chi connectivity index (χ0) is 14.8. The third-order valence-electron chi connectivity index (χ3n) is 2.98. The van der Waals surface area contributed by atoms with Gasteiger partial charge in [0.25, 0.3) is 5.89 Å². The summed E-state index contributed by atoms with van der Waals surface area (Å²) in [4.78, 5) is 0. The lowest BCUT2D eigenvalue weighted by atomic mass is 9.87. The fourth-order valence-electron chi connectivity index (χ4n) is 1.77. The molecule has 2 aromatic rings. The van der Waals surface area contributed by atoms with Crippen molar-refractivity contribution in [3.63, 3.8) is 0 Å². The summed E-state index contributed by atoms with van der Waals surface area (Å²) in [5, 5.41) is 7.73. The second kappa shape index (κ2) is 5.83. The van der Waals surface area contributed by atoms with E-state index in [0.717, 1.165) is 5.75 Å². The molecule has 1 heterocycles. The Morgan fingerprint density at radius 2 is 1.85 bits per heavy atom. The summed E-state index contributed by atoms with van der Waals surface area (Å²) in [5.41, 5.74) is 1.39. The highest BCUT2D eigenvalue weighted by Crippen LogP contribution is 2.26. The first-order valence-electron chi connectivity index (χ1n) is 6.55. The fourth-order valence-corrected chi connectivity index (χ4v) is 1.88. The predicted octanol–water partition coefficient (Wildman–Crippen LogP) is 4.25. The molecule has 0 aliphatic heterocycles. The molecule has 0 fully saturated rings. The van der Waals surface area contributed by atoms with Crippen LogP contribution >= 0.6 is 11.6 Å². The van der Waals surface area contributed by atoms with Crippen molar-refractivity contribution < 1.29 is 9.15 Å². The quantitative estimate of drug-likeness (QED) is 0.791. The highest BCUT2D eigenvalue weighted by molar-refractivity contribution is 6.16. The van der Waals surface area contributed by atoms with E-state index in [2.05, 4.69) is 43.1 Å². The zero-order valence-electron chi connectivity index (χ0n) is 12.2. The molecule has 0 amide bonds. The van der Waals surface area contributed by atoms with E-state index in [4.69, 9.17) is 20.8 Å². The van der Waals surface area contributed by atoms with Crippen molar-refractivity contribution >= 4 is 11.6 Å². The maximum Gasteiger partial charge on any atom is 0.256 e. The topological polar surface area (TPSA) is 48.2 Å². The van der Waals surface area contributed by atoms with Gasteiger partial charge < -0.3 is 9.15 Å². The first-order chi connectivity index (χ1) is 9.40. The number of nitrogens with zero attached hydrogens (tertiary/aromatic N) is 2. The van der Waals surface area contributed by atoms with E-state index in [-0.39, 0.29) is 17.4 Å². The molecule has 0 saturated heterocycles. The van der Waals surface area contributed by atoms with Crippen LogP contribution in [0.15, 0.2) is 28.7 Å². The Bertz CT molecular complexity index is 558. The van der Waals surface area contributed by atoms with Crippen LogP contribution in [-0.2, 0) is 11.3 Å². The first-order valence-corrected chi connectivity index (χ1v) is 7.09. The standard InChI is InChI=1S/C15H19ClN2O2/c1-10(14-18-17-13(9-16)20-14)19-12-7-5-11(6-8-12)15(2,3)4/h5-8,10H,9H2,1-4H3. The van der Waals surface area contributed by atoms with Crippen LogP contribution in [0, 0.1) is 0 Å². The molecular formula is C15H19ClN2O2. The minimum Gasteiger partial charge on any atom is -0.481 e. The summed E-state index contributed by atoms with van der Waals surface area (Å²) < 4.78 is 11.2. The van der Waals surface area contributed by atoms with Crippen molar-refractivity contribution in [3.8, 4) is 5.75 Å². The lowest BCUT2D eigenvalue weighted by Crippen LogP contribution is -2.10. The van der Waals surface area contributed by atoms with Crippen LogP contribution in [0.5, 0.6) is 5.75 Å². The van der Waals surface area contributed by atoms with Gasteiger partial charge in [-0.3, -0.25) is 0 Å². The van der Waals surface area contributed by atoms with Crippen LogP contribution in [0.25, 0.3) is 0 Å². The molecule has 0 spiro atoms. The maximum atomic E-state index is 5.79. The van der Waals surface area contributed by atoms with Gasteiger partial charge in [-0.25, -0.2) is 0 Å². The lowest BCUT2D eigenvalue weighted by molar-refractivity contribution is 0.186. The van der Waals surface area contributed by atoms with Gasteiger partial charge in [-0.15, -0.1) is 21.8 Å². The molecule has 0 saturated carbocycles. The van der Waals surface area contributed by atoms with Gasteiger partial charge in [0.15, 0.2) is 6.10 Å². The number of hydrogen-bond donors (Lipinski definition) is 0. The highest BCUT2D eigenvalue weighted by atomic mass is 35.5. The summed E-state index contributed by atoms with van der Waals surface area (Å²) in [6, 6.07) is 8.05. The molecular weight excluding hydrogens is 276 g/mol. The Balaban J connectivity index is 2.06. The number of rotatable bonds is 4. The largest absolute Gasteiger partial charge is 0.481 e. The van der Waals surface area contributed by atoms with Gasteiger partial charge in [-0.2, -0.15) is 0 Å². The van der Waals surface area contributed by atoms with Gasteiger partial charge >= 0.3 is 0 Å². The third kappa shape index (κ3) is 3.51. The summed E-state index contributed by atoms with van der Waals surface area (Å²) in [6.07, 6.45) is -0.306. The van der Waals surface area contributed by atoms with Crippen molar-refractivity contribution in [2.75, 3.05) is 0 Å². The normalized spacial score (nSPS) is 13.2. The van der Waals surface area contributed by atoms with Crippen LogP contribution in [0.1, 0.15) is 51.1 Å². The molecule has 1 unspecified atom stereocenters. The van der Waals surface area contributed by atoms with Crippen LogP contribution in [-0.4, -0.2) is 10.2 Å². The van der Waals surface area contributed by atoms with Gasteiger partial charge in [0, 0.05) is 0 Å². The minimum atomic E-state index is -0.306. The van der Waals surface area contributed by atoms with E-state index < -0.39 is 0 Å². The lowest BCUT2D eigenvalue weighted by Gasteiger charge is -2.19. The number of hydrogen-bond acceptors (Lipinski definition) is 4. The van der Waals surface area contributed by atoms with Crippen molar-refractivity contribution in [2.45, 2.75) is 45.1 Å². The van der Waals surface area contributed by atoms with Crippen molar-refractivity contribution in [1.29, 1.82) is 0 Å². The van der Waals surface area contributed by atoms with Crippen molar-refractivity contribution in [2.24, 2.45) is 0 Å². The molecule has 0 radical (unpaired) electrons. The Morgan fingerprint density at radius 1 is 1.20 bits per heavy atom. The first kappa shape index (κ1) is 14.9. The Kier molecular flexibility index (Phi) is 4.33. The summed E-state index contributed by atoms with van der Waals surface area (Å²) >= 11 is 5.63. The van der Waals surface area contributed by atoms with Crippen LogP contribution in [0.4, 0.5) is 0 Å². The molecule has 0 aliphatic carbocycles. The number of halogens is 1. The number of benzene rings is 1. The van der Waals surface area contributed by atoms with E-state index in [1.165, 1.54) is 5.56 Å². The second-order valence-electron chi connectivity index (χ2n) is 5.70. The summed E-state index contributed by atoms with van der Waals surface area (Å²) in [7, 11) is 0. The molecule has 108 valence electrons. The molecule has 0 aliphatic rings. The summed E-state index contributed by atoms with van der Waals surface area (Å²) in [6.45, 7) is 8.40. The Hall–Kier alpha value is -1.55. The number of alkyl halides is 1. The van der Waals surface area contributed by atoms with E-state index >= 15 is 0 Å². The Labute approximate surface area is 124 Å². The van der Waals surface area contributed by atoms with E-state index in [9.17, 15) is 0 Å². The van der Waals surface area contributed by atoms with Gasteiger partial charge in [0.1, 0.15) is 11.6 Å². The average molecular weight is 295 g/mol. The molecule has 20 heavy (non-hydrogen) atoms. The third-order valence-corrected chi connectivity index (χ3v) is 3.21. The smallest absolute Gasteiger partial charge is 0.256 e. The van der Waals surface area contributed by atoms with E-state index in [0.29, 0.717) is 11.8 Å². The molecule has 5 heteroatoms. The Morgan fingerprint density at radius 3 is 2.35 bits per heavy atom. The monoisotopic (exact) mass is 294 g/mol. The van der Waals surface area contributed by atoms with Crippen LogP contribution < -0.4 is 4.74 Å². The van der Waals surface area contributed by atoms with Gasteiger partial charge in [-0.1, -0.05) is 32.9 Å². The molecule has 2 rings (SSSR count).